The van der Waals surface area contributed by atoms with E-state index >= 15 is 0 Å². The molecule has 2 aromatic carbocycles. The van der Waals surface area contributed by atoms with E-state index in [1.807, 2.05) is 48.5 Å². The third kappa shape index (κ3) is 4.32. The zero-order valence-corrected chi connectivity index (χ0v) is 16.7. The second kappa shape index (κ2) is 9.26. The highest BCUT2D eigenvalue weighted by Crippen LogP contribution is 2.33. The van der Waals surface area contributed by atoms with Gasteiger partial charge in [0.1, 0.15) is 6.17 Å². The molecule has 1 atom stereocenters. The van der Waals surface area contributed by atoms with Gasteiger partial charge in [0, 0.05) is 18.1 Å². The molecule has 140 valence electrons. The summed E-state index contributed by atoms with van der Waals surface area (Å²) in [4.78, 5) is 17.2. The van der Waals surface area contributed by atoms with Gasteiger partial charge in [0.25, 0.3) is 5.91 Å². The van der Waals surface area contributed by atoms with Gasteiger partial charge in [0.05, 0.1) is 11.3 Å². The Hall–Kier alpha value is -1.75. The van der Waals surface area contributed by atoms with E-state index in [4.69, 9.17) is 11.6 Å². The monoisotopic (exact) mass is 393 g/mol. The van der Waals surface area contributed by atoms with E-state index in [1.54, 1.807) is 0 Å². The third-order valence-electron chi connectivity index (χ3n) is 4.77. The molecule has 1 unspecified atom stereocenters. The van der Waals surface area contributed by atoms with Crippen molar-refractivity contribution < 1.29 is 4.79 Å². The predicted octanol–water partition coefficient (Wildman–Crippen LogP) is 4.35. The van der Waals surface area contributed by atoms with Gasteiger partial charge in [-0.05, 0) is 42.9 Å². The number of amides is 1. The molecule has 1 heterocycles. The molecule has 0 aliphatic carbocycles. The van der Waals surface area contributed by atoms with Gasteiger partial charge >= 0.3 is 0 Å². The van der Waals surface area contributed by atoms with Crippen LogP contribution in [0.2, 0.25) is 5.02 Å². The molecule has 0 radical (unpaired) electrons. The average Bonchev–Trinajstić information content (AvgIpc) is 2.64. The molecule has 1 aliphatic heterocycles. The maximum atomic E-state index is 12.6. The second-order valence-corrected chi connectivity index (χ2v) is 6.60. The normalized spacial score (nSPS) is 16.1. The van der Waals surface area contributed by atoms with Crippen LogP contribution in [0.5, 0.6) is 0 Å². The molecule has 4 nitrogen and oxygen atoms in total. The summed E-state index contributed by atoms with van der Waals surface area (Å²) in [5.41, 5.74) is 2.75. The first-order chi connectivity index (χ1) is 12.1. The molecule has 1 N–H and O–H groups in total. The fourth-order valence-corrected chi connectivity index (χ4v) is 3.41. The van der Waals surface area contributed by atoms with Crippen LogP contribution in [0.3, 0.4) is 0 Å². The Morgan fingerprint density at radius 3 is 2.38 bits per heavy atom. The van der Waals surface area contributed by atoms with Crippen LogP contribution in [0.1, 0.15) is 35.9 Å². The molecule has 1 aliphatic rings. The molecule has 3 rings (SSSR count). The van der Waals surface area contributed by atoms with Crippen molar-refractivity contribution >= 4 is 35.6 Å². The largest absolute Gasteiger partial charge is 0.345 e. The van der Waals surface area contributed by atoms with Gasteiger partial charge in [-0.15, -0.1) is 12.4 Å². The number of anilines is 1. The fourth-order valence-electron chi connectivity index (χ4n) is 3.28. The van der Waals surface area contributed by atoms with Crippen LogP contribution in [0.25, 0.3) is 0 Å². The molecule has 0 spiro atoms. The van der Waals surface area contributed by atoms with Crippen molar-refractivity contribution in [3.05, 3.63) is 64.7 Å². The summed E-state index contributed by atoms with van der Waals surface area (Å²) in [6.45, 7) is 8.17. The summed E-state index contributed by atoms with van der Waals surface area (Å²) in [6.07, 6.45) is -0.185. The Labute approximate surface area is 166 Å². The maximum absolute atomic E-state index is 12.6. The highest BCUT2D eigenvalue weighted by Gasteiger charge is 2.31. The Kier molecular flexibility index (Phi) is 7.33. The molecule has 26 heavy (non-hydrogen) atoms. The van der Waals surface area contributed by atoms with E-state index in [1.165, 1.54) is 0 Å². The van der Waals surface area contributed by atoms with Crippen LogP contribution in [-0.4, -0.2) is 37.0 Å². The van der Waals surface area contributed by atoms with Crippen LogP contribution in [0.15, 0.2) is 48.5 Å². The highest BCUT2D eigenvalue weighted by molar-refractivity contribution is 6.30. The Balaban J connectivity index is 0.00000243. The van der Waals surface area contributed by atoms with Crippen molar-refractivity contribution in [3.8, 4) is 0 Å². The molecule has 1 amide bonds. The summed E-state index contributed by atoms with van der Waals surface area (Å²) in [7, 11) is 0. The molecule has 6 heteroatoms. The molecule has 2 aromatic rings. The minimum atomic E-state index is -0.185. The third-order valence-corrected chi connectivity index (χ3v) is 5.03. The second-order valence-electron chi connectivity index (χ2n) is 6.16. The van der Waals surface area contributed by atoms with Crippen molar-refractivity contribution in [2.75, 3.05) is 31.1 Å². The fraction of sp³-hybridized carbons (Fsp3) is 0.350. The van der Waals surface area contributed by atoms with Gasteiger partial charge < -0.3 is 15.1 Å². The van der Waals surface area contributed by atoms with Gasteiger partial charge in [-0.3, -0.25) is 4.79 Å². The minimum Gasteiger partial charge on any atom is -0.345 e. The van der Waals surface area contributed by atoms with Crippen LogP contribution < -0.4 is 10.2 Å². The van der Waals surface area contributed by atoms with Crippen molar-refractivity contribution in [2.24, 2.45) is 0 Å². The highest BCUT2D eigenvalue weighted by atomic mass is 35.5. The van der Waals surface area contributed by atoms with Gasteiger partial charge in [0.15, 0.2) is 0 Å². The zero-order valence-electron chi connectivity index (χ0n) is 15.1. The van der Waals surface area contributed by atoms with E-state index in [0.717, 1.165) is 43.0 Å². The first-order valence-electron chi connectivity index (χ1n) is 8.78. The summed E-state index contributed by atoms with van der Waals surface area (Å²) >= 11 is 6.03. The number of carbonyl (C=O) groups excluding carboxylic acids is 1. The maximum Gasteiger partial charge on any atom is 0.255 e. The SMILES string of the molecule is CCN(CC)CCN1c2ccccc2C(=O)NC1c1ccc(Cl)cc1.Cl. The summed E-state index contributed by atoms with van der Waals surface area (Å²) in [6, 6.07) is 15.5. The summed E-state index contributed by atoms with van der Waals surface area (Å²) in [5, 5.41) is 3.84. The van der Waals surface area contributed by atoms with E-state index in [0.29, 0.717) is 5.02 Å². The topological polar surface area (TPSA) is 35.6 Å². The van der Waals surface area contributed by atoms with Gasteiger partial charge in [0.2, 0.25) is 0 Å². The van der Waals surface area contributed by atoms with E-state index < -0.39 is 0 Å². The molecular formula is C20H25Cl2N3O. The number of halogens is 2. The predicted molar refractivity (Wildman–Crippen MR) is 110 cm³/mol. The summed E-state index contributed by atoms with van der Waals surface area (Å²) < 4.78 is 0. The lowest BCUT2D eigenvalue weighted by atomic mass is 10.0. The van der Waals surface area contributed by atoms with Crippen LogP contribution >= 0.6 is 24.0 Å². The van der Waals surface area contributed by atoms with E-state index in [2.05, 4.69) is 29.0 Å². The average molecular weight is 394 g/mol. The number of nitrogens with zero attached hydrogens (tertiary/aromatic N) is 2. The van der Waals surface area contributed by atoms with Crippen LogP contribution in [0.4, 0.5) is 5.69 Å². The number of hydrogen-bond donors (Lipinski definition) is 1. The molecule has 0 saturated heterocycles. The lowest BCUT2D eigenvalue weighted by Crippen LogP contribution is -2.49. The number of fused-ring (bicyclic) bond motifs is 1. The number of hydrogen-bond acceptors (Lipinski definition) is 3. The van der Waals surface area contributed by atoms with Crippen molar-refractivity contribution in [1.82, 2.24) is 10.2 Å². The molecular weight excluding hydrogens is 369 g/mol. The van der Waals surface area contributed by atoms with Crippen LogP contribution in [-0.2, 0) is 0 Å². The van der Waals surface area contributed by atoms with Crippen LogP contribution in [0, 0.1) is 0 Å². The lowest BCUT2D eigenvalue weighted by molar-refractivity contribution is 0.0925. The smallest absolute Gasteiger partial charge is 0.255 e. The standard InChI is InChI=1S/C20H24ClN3O.ClH/c1-3-23(4-2)13-14-24-18-8-6-5-7-17(18)20(25)22-19(24)15-9-11-16(21)12-10-15;/h5-12,19H,3-4,13-14H2,1-2H3,(H,22,25);1H. The Morgan fingerprint density at radius 1 is 1.08 bits per heavy atom. The molecule has 0 bridgehead atoms. The first-order valence-corrected chi connectivity index (χ1v) is 9.16. The lowest BCUT2D eigenvalue weighted by Gasteiger charge is -2.40. The number of likely N-dealkylation sites (N-methyl/N-ethyl adjacent to an activating group) is 1. The number of carbonyl (C=O) groups is 1. The van der Waals surface area contributed by atoms with Crippen molar-refractivity contribution in [3.63, 3.8) is 0 Å². The number of rotatable bonds is 6. The molecule has 0 saturated carbocycles. The number of para-hydroxylation sites is 1. The van der Waals surface area contributed by atoms with Crippen molar-refractivity contribution in [1.29, 1.82) is 0 Å². The molecule has 0 fully saturated rings. The molecule has 0 aromatic heterocycles. The Morgan fingerprint density at radius 2 is 1.73 bits per heavy atom. The minimum absolute atomic E-state index is 0. The van der Waals surface area contributed by atoms with Gasteiger partial charge in [-0.2, -0.15) is 0 Å². The van der Waals surface area contributed by atoms with Gasteiger partial charge in [-0.25, -0.2) is 0 Å². The quantitative estimate of drug-likeness (QED) is 0.791. The van der Waals surface area contributed by atoms with E-state index in [9.17, 15) is 4.79 Å². The first kappa shape index (κ1) is 20.6. The summed E-state index contributed by atoms with van der Waals surface area (Å²) in [5.74, 6) is -0.0327. The zero-order chi connectivity index (χ0) is 17.8. The number of nitrogens with one attached hydrogen (secondary N) is 1. The Bertz CT molecular complexity index is 732. The van der Waals surface area contributed by atoms with Crippen molar-refractivity contribution in [2.45, 2.75) is 20.0 Å². The van der Waals surface area contributed by atoms with Gasteiger partial charge in [-0.1, -0.05) is 49.7 Å². The van der Waals surface area contributed by atoms with E-state index in [-0.39, 0.29) is 24.5 Å². The number of benzene rings is 2.